The van der Waals surface area contributed by atoms with Crippen molar-refractivity contribution in [2.24, 2.45) is 0 Å². The number of pyridine rings is 1. The Bertz CT molecular complexity index is 382. The third kappa shape index (κ3) is 1.22. The molecule has 62 valence electrons. The molecular weight excluding hydrogens is 154 g/mol. The molecule has 0 saturated carbocycles. The van der Waals surface area contributed by atoms with E-state index < -0.39 is 0 Å². The Kier molecular flexibility index (Phi) is 2.26. The summed E-state index contributed by atoms with van der Waals surface area (Å²) in [6.45, 7) is 0. The molecule has 1 aromatic carbocycles. The van der Waals surface area contributed by atoms with Crippen molar-refractivity contribution in [2.75, 3.05) is 0 Å². The van der Waals surface area contributed by atoms with Crippen LogP contribution in [-0.2, 0) is 0 Å². The van der Waals surface area contributed by atoms with E-state index >= 15 is 0 Å². The molecule has 0 bridgehead atoms. The van der Waals surface area contributed by atoms with Gasteiger partial charge in [0.2, 0.25) is 6.20 Å². The average molecular weight is 163 g/mol. The largest absolute Gasteiger partial charge is 0.870 e. The number of aromatic nitrogens is 1. The second kappa shape index (κ2) is 3.19. The highest BCUT2D eigenvalue weighted by Crippen LogP contribution is 2.06. The first kappa shape index (κ1) is 8.49. The number of benzene rings is 1. The average Bonchev–Trinajstić information content (AvgIpc) is 2.06. The minimum absolute atomic E-state index is 0. The maximum Gasteiger partial charge on any atom is 0.264 e. The van der Waals surface area contributed by atoms with Gasteiger partial charge in [-0.05, 0) is 12.1 Å². The maximum absolute atomic E-state index is 9.29. The summed E-state index contributed by atoms with van der Waals surface area (Å²) in [4.78, 5) is 0. The molecule has 0 radical (unpaired) electrons. The summed E-state index contributed by atoms with van der Waals surface area (Å²) in [5, 5.41) is 10.3. The van der Waals surface area contributed by atoms with Crippen LogP contribution in [-0.4, -0.2) is 10.7 Å². The van der Waals surface area contributed by atoms with Gasteiger partial charge in [0.15, 0.2) is 0 Å². The molecule has 2 N–H and O–H groups in total. The Labute approximate surface area is 69.8 Å². The molecule has 0 aliphatic heterocycles. The molecule has 0 saturated heterocycles. The molecule has 3 nitrogen and oxygen atoms in total. The van der Waals surface area contributed by atoms with Gasteiger partial charge >= 0.3 is 0 Å². The van der Waals surface area contributed by atoms with Crippen molar-refractivity contribution in [3.8, 4) is 0 Å². The highest BCUT2D eigenvalue weighted by atomic mass is 16.5. The van der Waals surface area contributed by atoms with Crippen molar-refractivity contribution in [3.05, 3.63) is 42.6 Å². The van der Waals surface area contributed by atoms with Crippen molar-refractivity contribution < 1.29 is 15.4 Å². The van der Waals surface area contributed by atoms with Crippen molar-refractivity contribution in [1.82, 2.24) is 0 Å². The summed E-state index contributed by atoms with van der Waals surface area (Å²) in [6.07, 6.45) is 1.61. The molecule has 0 amide bonds. The van der Waals surface area contributed by atoms with E-state index in [1.165, 1.54) is 0 Å². The van der Waals surface area contributed by atoms with E-state index in [4.69, 9.17) is 0 Å². The van der Waals surface area contributed by atoms with Crippen molar-refractivity contribution in [3.63, 3.8) is 0 Å². The summed E-state index contributed by atoms with van der Waals surface area (Å²) >= 11 is 0. The number of para-hydroxylation sites is 1. The lowest BCUT2D eigenvalue weighted by Crippen LogP contribution is -2.29. The number of nitrogens with zero attached hydrogens (tertiary/aromatic N) is 1. The van der Waals surface area contributed by atoms with Crippen molar-refractivity contribution in [2.45, 2.75) is 0 Å². The normalized spacial score (nSPS) is 9.33. The Hall–Kier alpha value is -1.61. The lowest BCUT2D eigenvalue weighted by atomic mass is 10.2. The summed E-state index contributed by atoms with van der Waals surface area (Å²) in [5.74, 6) is 0. The molecule has 1 heterocycles. The fourth-order valence-corrected chi connectivity index (χ4v) is 1.15. The van der Waals surface area contributed by atoms with Crippen molar-refractivity contribution >= 4 is 10.9 Å². The topological polar surface area (TPSA) is 54.1 Å². The summed E-state index contributed by atoms with van der Waals surface area (Å²) in [6, 6.07) is 11.4. The fourth-order valence-electron chi connectivity index (χ4n) is 1.15. The van der Waals surface area contributed by atoms with Crippen LogP contribution < -0.4 is 4.73 Å². The number of fused-ring (bicyclic) bond motifs is 1. The van der Waals surface area contributed by atoms with Crippen LogP contribution in [0.3, 0.4) is 0 Å². The zero-order chi connectivity index (χ0) is 7.68. The summed E-state index contributed by atoms with van der Waals surface area (Å²) < 4.78 is 1.12. The molecule has 12 heavy (non-hydrogen) atoms. The fraction of sp³-hybridized carbons (Fsp3) is 0. The SMILES string of the molecule is O[n+]1cccc2ccccc21.[OH-]. The standard InChI is InChI=1S/C9H8NO.H2O/c11-10-7-3-5-8-4-1-2-6-9(8)10;/h1-7,11H;1H2/q+1;/p-1. The lowest BCUT2D eigenvalue weighted by Gasteiger charge is -1.90. The second-order valence-electron chi connectivity index (χ2n) is 2.41. The van der Waals surface area contributed by atoms with Gasteiger partial charge in [0, 0.05) is 16.9 Å². The van der Waals surface area contributed by atoms with Gasteiger partial charge in [0.05, 0.1) is 5.39 Å². The Morgan fingerprint density at radius 2 is 1.67 bits per heavy atom. The molecule has 0 aliphatic rings. The van der Waals surface area contributed by atoms with Gasteiger partial charge in [0.1, 0.15) is 0 Å². The van der Waals surface area contributed by atoms with Crippen LogP contribution in [0.5, 0.6) is 0 Å². The quantitative estimate of drug-likeness (QED) is 0.468. The maximum atomic E-state index is 9.29. The van der Waals surface area contributed by atoms with E-state index in [1.807, 2.05) is 36.4 Å². The molecule has 0 atom stereocenters. The van der Waals surface area contributed by atoms with Crippen molar-refractivity contribution in [1.29, 1.82) is 0 Å². The van der Waals surface area contributed by atoms with Crippen LogP contribution in [0.1, 0.15) is 0 Å². The summed E-state index contributed by atoms with van der Waals surface area (Å²) in [7, 11) is 0. The Morgan fingerprint density at radius 3 is 2.42 bits per heavy atom. The zero-order valence-corrected chi connectivity index (χ0v) is 6.38. The Balaban J connectivity index is 0.000000720. The molecule has 0 aliphatic carbocycles. The minimum atomic E-state index is 0. The summed E-state index contributed by atoms with van der Waals surface area (Å²) in [5.41, 5.74) is 0.829. The van der Waals surface area contributed by atoms with Crippen LogP contribution in [0, 0.1) is 0 Å². The number of rotatable bonds is 0. The smallest absolute Gasteiger partial charge is 0.264 e. The second-order valence-corrected chi connectivity index (χ2v) is 2.41. The molecule has 0 fully saturated rings. The molecule has 3 heteroatoms. The van der Waals surface area contributed by atoms with E-state index in [0.29, 0.717) is 0 Å². The first-order chi connectivity index (χ1) is 5.38. The third-order valence-electron chi connectivity index (χ3n) is 1.69. The van der Waals surface area contributed by atoms with Gasteiger partial charge in [0.25, 0.3) is 5.52 Å². The number of hydrogen-bond acceptors (Lipinski definition) is 2. The molecule has 0 spiro atoms. The van der Waals surface area contributed by atoms with Gasteiger partial charge in [-0.15, -0.1) is 0 Å². The molecule has 2 rings (SSSR count). The third-order valence-corrected chi connectivity index (χ3v) is 1.69. The van der Waals surface area contributed by atoms with Crippen LogP contribution >= 0.6 is 0 Å². The van der Waals surface area contributed by atoms with Crippen LogP contribution in [0.25, 0.3) is 10.9 Å². The highest BCUT2D eigenvalue weighted by Gasteiger charge is 2.02. The monoisotopic (exact) mass is 163 g/mol. The molecular formula is C9H9NO2. The van der Waals surface area contributed by atoms with E-state index in [1.54, 1.807) is 6.20 Å². The Morgan fingerprint density at radius 1 is 1.00 bits per heavy atom. The predicted octanol–water partition coefficient (Wildman–Crippen LogP) is 1.19. The van der Waals surface area contributed by atoms with E-state index in [9.17, 15) is 5.21 Å². The number of hydrogen-bond donors (Lipinski definition) is 1. The molecule has 0 unspecified atom stereocenters. The van der Waals surface area contributed by atoms with Crippen LogP contribution in [0.2, 0.25) is 0 Å². The van der Waals surface area contributed by atoms with E-state index in [0.717, 1.165) is 15.6 Å². The van der Waals surface area contributed by atoms with Gasteiger partial charge in [-0.1, -0.05) is 12.1 Å². The lowest BCUT2D eigenvalue weighted by molar-refractivity contribution is -0.884. The zero-order valence-electron chi connectivity index (χ0n) is 6.38. The minimum Gasteiger partial charge on any atom is -0.870 e. The molecule has 1 aromatic heterocycles. The molecule has 2 aromatic rings. The van der Waals surface area contributed by atoms with Crippen LogP contribution in [0.4, 0.5) is 0 Å². The first-order valence-corrected chi connectivity index (χ1v) is 3.46. The highest BCUT2D eigenvalue weighted by molar-refractivity contribution is 5.74. The van der Waals surface area contributed by atoms with Gasteiger partial charge in [-0.3, -0.25) is 5.21 Å². The predicted molar refractivity (Wildman–Crippen MR) is 43.3 cm³/mol. The van der Waals surface area contributed by atoms with Gasteiger partial charge < -0.3 is 5.48 Å². The van der Waals surface area contributed by atoms with E-state index in [-0.39, 0.29) is 5.48 Å². The first-order valence-electron chi connectivity index (χ1n) is 3.46. The van der Waals surface area contributed by atoms with Gasteiger partial charge in [-0.2, -0.15) is 0 Å². The van der Waals surface area contributed by atoms with E-state index in [2.05, 4.69) is 0 Å². The van der Waals surface area contributed by atoms with Gasteiger partial charge in [-0.25, -0.2) is 0 Å². The van der Waals surface area contributed by atoms with Crippen LogP contribution in [0.15, 0.2) is 42.6 Å².